The van der Waals surface area contributed by atoms with Gasteiger partial charge in [0.15, 0.2) is 0 Å². The molecule has 1 saturated heterocycles. The van der Waals surface area contributed by atoms with E-state index in [2.05, 4.69) is 12.2 Å². The second-order valence-electron chi connectivity index (χ2n) is 4.13. The van der Waals surface area contributed by atoms with Gasteiger partial charge < -0.3 is 15.3 Å². The molecule has 4 nitrogen and oxygen atoms in total. The maximum absolute atomic E-state index is 12.1. The highest BCUT2D eigenvalue weighted by Gasteiger charge is 2.30. The van der Waals surface area contributed by atoms with Crippen LogP contribution in [0.1, 0.15) is 26.7 Å². The zero-order chi connectivity index (χ0) is 11.3. The highest BCUT2D eigenvalue weighted by Crippen LogP contribution is 2.18. The molecule has 0 bridgehead atoms. The lowest BCUT2D eigenvalue weighted by Crippen LogP contribution is -2.48. The van der Waals surface area contributed by atoms with Crippen LogP contribution in [0.4, 0.5) is 0 Å². The Balaban J connectivity index is 2.55. The Morgan fingerprint density at radius 1 is 1.60 bits per heavy atom. The molecule has 0 aromatic carbocycles. The molecular formula is C11H22N2O2. The smallest absolute Gasteiger partial charge is 0.227 e. The maximum atomic E-state index is 12.1. The van der Waals surface area contributed by atoms with Gasteiger partial charge >= 0.3 is 0 Å². The SMILES string of the molecule is CCN(CCO)C(=O)C1CCCNC1C. The van der Waals surface area contributed by atoms with Gasteiger partial charge in [0.2, 0.25) is 5.91 Å². The van der Waals surface area contributed by atoms with E-state index in [1.54, 1.807) is 4.90 Å². The number of amides is 1. The number of aliphatic hydroxyl groups is 1. The number of carbonyl (C=O) groups is 1. The van der Waals surface area contributed by atoms with Crippen molar-refractivity contribution in [3.63, 3.8) is 0 Å². The van der Waals surface area contributed by atoms with E-state index in [-0.39, 0.29) is 24.5 Å². The summed E-state index contributed by atoms with van der Waals surface area (Å²) in [5.41, 5.74) is 0. The van der Waals surface area contributed by atoms with Crippen LogP contribution < -0.4 is 5.32 Å². The molecule has 88 valence electrons. The van der Waals surface area contributed by atoms with E-state index in [4.69, 9.17) is 5.11 Å². The molecule has 1 rings (SSSR count). The monoisotopic (exact) mass is 214 g/mol. The van der Waals surface area contributed by atoms with Crippen molar-refractivity contribution in [1.82, 2.24) is 10.2 Å². The first-order valence-corrected chi connectivity index (χ1v) is 5.83. The Morgan fingerprint density at radius 2 is 2.33 bits per heavy atom. The molecule has 2 unspecified atom stereocenters. The summed E-state index contributed by atoms with van der Waals surface area (Å²) >= 11 is 0. The predicted molar refractivity (Wildman–Crippen MR) is 59.5 cm³/mol. The molecule has 2 N–H and O–H groups in total. The minimum absolute atomic E-state index is 0.0497. The van der Waals surface area contributed by atoms with E-state index in [1.165, 1.54) is 0 Å². The summed E-state index contributed by atoms with van der Waals surface area (Å²) in [7, 11) is 0. The van der Waals surface area contributed by atoms with E-state index >= 15 is 0 Å². The summed E-state index contributed by atoms with van der Waals surface area (Å²) in [5.74, 6) is 0.275. The van der Waals surface area contributed by atoms with Crippen LogP contribution in [0, 0.1) is 5.92 Å². The van der Waals surface area contributed by atoms with Crippen LogP contribution in [0.15, 0.2) is 0 Å². The van der Waals surface area contributed by atoms with E-state index in [9.17, 15) is 4.79 Å². The summed E-state index contributed by atoms with van der Waals surface area (Å²) in [5, 5.41) is 12.2. The number of rotatable bonds is 4. The number of aliphatic hydroxyl groups excluding tert-OH is 1. The maximum Gasteiger partial charge on any atom is 0.227 e. The molecule has 1 aliphatic rings. The van der Waals surface area contributed by atoms with Gasteiger partial charge in [0.05, 0.1) is 12.5 Å². The first-order valence-electron chi connectivity index (χ1n) is 5.83. The molecule has 0 spiro atoms. The largest absolute Gasteiger partial charge is 0.395 e. The molecule has 1 fully saturated rings. The molecule has 0 aliphatic carbocycles. The molecule has 0 saturated carbocycles. The van der Waals surface area contributed by atoms with Gasteiger partial charge in [0, 0.05) is 19.1 Å². The van der Waals surface area contributed by atoms with Crippen molar-refractivity contribution in [3.05, 3.63) is 0 Å². The van der Waals surface area contributed by atoms with Gasteiger partial charge in [-0.05, 0) is 33.2 Å². The molecule has 2 atom stereocenters. The Bertz CT molecular complexity index is 209. The normalized spacial score (nSPS) is 26.3. The van der Waals surface area contributed by atoms with Crippen LogP contribution in [0.5, 0.6) is 0 Å². The molecule has 0 aromatic heterocycles. The van der Waals surface area contributed by atoms with Crippen molar-refractivity contribution in [2.75, 3.05) is 26.2 Å². The predicted octanol–water partition coefficient (Wildman–Crippen LogP) is 0.215. The van der Waals surface area contributed by atoms with Gasteiger partial charge in [0.1, 0.15) is 0 Å². The van der Waals surface area contributed by atoms with Crippen molar-refractivity contribution in [1.29, 1.82) is 0 Å². The first-order chi connectivity index (χ1) is 7.20. The van der Waals surface area contributed by atoms with Gasteiger partial charge in [-0.15, -0.1) is 0 Å². The minimum atomic E-state index is 0.0497. The van der Waals surface area contributed by atoms with Crippen molar-refractivity contribution in [2.24, 2.45) is 5.92 Å². The van der Waals surface area contributed by atoms with Gasteiger partial charge in [0.25, 0.3) is 0 Å². The average molecular weight is 214 g/mol. The Labute approximate surface area is 91.6 Å². The lowest BCUT2D eigenvalue weighted by Gasteiger charge is -2.33. The Morgan fingerprint density at radius 3 is 2.87 bits per heavy atom. The third kappa shape index (κ3) is 3.18. The van der Waals surface area contributed by atoms with Crippen LogP contribution in [0.25, 0.3) is 0 Å². The number of hydrogen-bond donors (Lipinski definition) is 2. The van der Waals surface area contributed by atoms with Crippen LogP contribution in [-0.4, -0.2) is 48.2 Å². The number of likely N-dealkylation sites (N-methyl/N-ethyl adjacent to an activating group) is 1. The second-order valence-corrected chi connectivity index (χ2v) is 4.13. The van der Waals surface area contributed by atoms with Crippen molar-refractivity contribution >= 4 is 5.91 Å². The summed E-state index contributed by atoms with van der Waals surface area (Å²) in [6.07, 6.45) is 2.03. The molecule has 4 heteroatoms. The molecule has 15 heavy (non-hydrogen) atoms. The Kier molecular flexibility index (Phi) is 5.05. The highest BCUT2D eigenvalue weighted by atomic mass is 16.3. The van der Waals surface area contributed by atoms with E-state index in [0.717, 1.165) is 19.4 Å². The number of piperidine rings is 1. The van der Waals surface area contributed by atoms with Crippen molar-refractivity contribution < 1.29 is 9.90 Å². The fourth-order valence-electron chi connectivity index (χ4n) is 2.16. The number of carbonyl (C=O) groups excluding carboxylic acids is 1. The topological polar surface area (TPSA) is 52.6 Å². The van der Waals surface area contributed by atoms with Crippen molar-refractivity contribution in [3.8, 4) is 0 Å². The lowest BCUT2D eigenvalue weighted by atomic mass is 9.90. The zero-order valence-corrected chi connectivity index (χ0v) is 9.70. The molecule has 1 amide bonds. The summed E-state index contributed by atoms with van der Waals surface area (Å²) in [6, 6.07) is 0.263. The summed E-state index contributed by atoms with van der Waals surface area (Å²) < 4.78 is 0. The molecule has 0 aromatic rings. The third-order valence-electron chi connectivity index (χ3n) is 3.14. The molecular weight excluding hydrogens is 192 g/mol. The average Bonchev–Trinajstić information content (AvgIpc) is 2.25. The zero-order valence-electron chi connectivity index (χ0n) is 9.70. The van der Waals surface area contributed by atoms with Crippen LogP contribution in [0.2, 0.25) is 0 Å². The number of nitrogens with zero attached hydrogens (tertiary/aromatic N) is 1. The standard InChI is InChI=1S/C11H22N2O2/c1-3-13(7-8-14)11(15)10-5-4-6-12-9(10)2/h9-10,12,14H,3-8H2,1-2H3. The third-order valence-corrected chi connectivity index (χ3v) is 3.14. The quantitative estimate of drug-likeness (QED) is 0.703. The van der Waals surface area contributed by atoms with E-state index in [1.807, 2.05) is 6.92 Å². The minimum Gasteiger partial charge on any atom is -0.395 e. The van der Waals surface area contributed by atoms with Crippen LogP contribution in [-0.2, 0) is 4.79 Å². The van der Waals surface area contributed by atoms with Gasteiger partial charge in [-0.25, -0.2) is 0 Å². The first kappa shape index (κ1) is 12.5. The molecule has 0 radical (unpaired) electrons. The lowest BCUT2D eigenvalue weighted by molar-refractivity contribution is -0.137. The number of hydrogen-bond acceptors (Lipinski definition) is 3. The molecule has 1 heterocycles. The fraction of sp³-hybridized carbons (Fsp3) is 0.909. The summed E-state index contributed by atoms with van der Waals surface area (Å²) in [4.78, 5) is 13.8. The van der Waals surface area contributed by atoms with E-state index in [0.29, 0.717) is 13.1 Å². The van der Waals surface area contributed by atoms with Gasteiger partial charge in [-0.3, -0.25) is 4.79 Å². The van der Waals surface area contributed by atoms with Crippen molar-refractivity contribution in [2.45, 2.75) is 32.7 Å². The van der Waals surface area contributed by atoms with Gasteiger partial charge in [-0.2, -0.15) is 0 Å². The van der Waals surface area contributed by atoms with Crippen LogP contribution >= 0.6 is 0 Å². The second kappa shape index (κ2) is 6.08. The van der Waals surface area contributed by atoms with E-state index < -0.39 is 0 Å². The summed E-state index contributed by atoms with van der Waals surface area (Å²) in [6.45, 7) is 6.22. The Hall–Kier alpha value is -0.610. The molecule has 1 aliphatic heterocycles. The van der Waals surface area contributed by atoms with Gasteiger partial charge in [-0.1, -0.05) is 0 Å². The van der Waals surface area contributed by atoms with Crippen LogP contribution in [0.3, 0.4) is 0 Å². The fourth-order valence-corrected chi connectivity index (χ4v) is 2.16. The highest BCUT2D eigenvalue weighted by molar-refractivity contribution is 5.79. The number of nitrogens with one attached hydrogen (secondary N) is 1.